The Morgan fingerprint density at radius 2 is 1.92 bits per heavy atom. The summed E-state index contributed by atoms with van der Waals surface area (Å²) in [4.78, 5) is 0. The minimum absolute atomic E-state index is 0.00584. The van der Waals surface area contributed by atoms with Gasteiger partial charge >= 0.3 is 0 Å². The molecule has 1 saturated carbocycles. The molecule has 140 valence electrons. The molecule has 1 aromatic carbocycles. The molecule has 0 aromatic heterocycles. The summed E-state index contributed by atoms with van der Waals surface area (Å²) in [6, 6.07) is 9.87. The van der Waals surface area contributed by atoms with Crippen molar-refractivity contribution in [1.29, 1.82) is 0 Å². The topological polar surface area (TPSA) is 35.5 Å². The van der Waals surface area contributed by atoms with Gasteiger partial charge in [0, 0.05) is 11.9 Å². The van der Waals surface area contributed by atoms with E-state index in [-0.39, 0.29) is 11.8 Å². The Balaban J connectivity index is 1.90. The van der Waals surface area contributed by atoms with Crippen LogP contribution in [0.25, 0.3) is 0 Å². The minimum atomic E-state index is -2.94. The normalized spacial score (nSPS) is 33.1. The van der Waals surface area contributed by atoms with Gasteiger partial charge in [-0.05, 0) is 55.6 Å². The SMILES string of the molecule is CC(C)[C@@H]1CC[C@@H](C)C[C@H]1O[P@](=O)(c1ccccc1)C1CCCOC1. The summed E-state index contributed by atoms with van der Waals surface area (Å²) in [5.74, 6) is 1.70. The highest BCUT2D eigenvalue weighted by atomic mass is 31.2. The maximum atomic E-state index is 14.2. The second-order valence-corrected chi connectivity index (χ2v) is 10.9. The van der Waals surface area contributed by atoms with Crippen LogP contribution in [0.3, 0.4) is 0 Å². The van der Waals surface area contributed by atoms with Crippen LogP contribution < -0.4 is 5.30 Å². The van der Waals surface area contributed by atoms with Gasteiger partial charge in [0.25, 0.3) is 0 Å². The number of rotatable bonds is 5. The third-order valence-electron chi connectivity index (χ3n) is 5.99. The lowest BCUT2D eigenvalue weighted by molar-refractivity contribution is 0.0422. The summed E-state index contributed by atoms with van der Waals surface area (Å²) < 4.78 is 26.5. The van der Waals surface area contributed by atoms with Crippen LogP contribution in [0.4, 0.5) is 0 Å². The third kappa shape index (κ3) is 4.38. The maximum Gasteiger partial charge on any atom is 0.237 e. The first-order valence-corrected chi connectivity index (χ1v) is 11.6. The summed E-state index contributed by atoms with van der Waals surface area (Å²) in [7, 11) is -2.94. The zero-order valence-electron chi connectivity index (χ0n) is 15.9. The van der Waals surface area contributed by atoms with E-state index in [1.807, 2.05) is 30.3 Å². The molecule has 0 spiro atoms. The van der Waals surface area contributed by atoms with Crippen molar-refractivity contribution in [2.75, 3.05) is 13.2 Å². The van der Waals surface area contributed by atoms with E-state index in [0.29, 0.717) is 24.4 Å². The van der Waals surface area contributed by atoms with E-state index in [9.17, 15) is 4.57 Å². The van der Waals surface area contributed by atoms with Gasteiger partial charge in [0.05, 0.1) is 18.4 Å². The van der Waals surface area contributed by atoms with Crippen molar-refractivity contribution in [2.24, 2.45) is 17.8 Å². The summed E-state index contributed by atoms with van der Waals surface area (Å²) in [5.41, 5.74) is -0.00584. The van der Waals surface area contributed by atoms with Crippen molar-refractivity contribution in [3.8, 4) is 0 Å². The largest absolute Gasteiger partial charge is 0.381 e. The molecule has 1 aliphatic carbocycles. The van der Waals surface area contributed by atoms with Gasteiger partial charge in [-0.25, -0.2) is 0 Å². The lowest BCUT2D eigenvalue weighted by atomic mass is 9.75. The smallest absolute Gasteiger partial charge is 0.237 e. The monoisotopic (exact) mass is 364 g/mol. The zero-order valence-corrected chi connectivity index (χ0v) is 16.8. The Labute approximate surface area is 152 Å². The van der Waals surface area contributed by atoms with Crippen LogP contribution in [0.1, 0.15) is 52.9 Å². The molecule has 1 aliphatic heterocycles. The van der Waals surface area contributed by atoms with Crippen molar-refractivity contribution < 1.29 is 13.8 Å². The first-order valence-electron chi connectivity index (χ1n) is 9.92. The summed E-state index contributed by atoms with van der Waals surface area (Å²) in [5, 5.41) is 0.867. The second-order valence-electron chi connectivity index (χ2n) is 8.27. The molecule has 0 bridgehead atoms. The Hall–Kier alpha value is -0.630. The fourth-order valence-corrected chi connectivity index (χ4v) is 7.19. The van der Waals surface area contributed by atoms with E-state index in [2.05, 4.69) is 20.8 Å². The molecule has 3 rings (SSSR count). The van der Waals surface area contributed by atoms with E-state index in [1.165, 1.54) is 12.8 Å². The molecular weight excluding hydrogens is 331 g/mol. The predicted octanol–water partition coefficient (Wildman–Crippen LogP) is 5.25. The number of benzene rings is 1. The standard InChI is InChI=1S/C21H33O3P/c1-16(2)20-12-11-17(3)14-21(20)24-25(22,18-8-5-4-6-9-18)19-10-7-13-23-15-19/h4-6,8-9,16-17,19-21H,7,10-15H2,1-3H3/t17-,19?,20+,21-,25-/m1/s1. The second kappa shape index (κ2) is 8.37. The molecular formula is C21H33O3P. The van der Waals surface area contributed by atoms with E-state index < -0.39 is 7.37 Å². The highest BCUT2D eigenvalue weighted by Gasteiger charge is 2.43. The quantitative estimate of drug-likeness (QED) is 0.670. The Kier molecular flexibility index (Phi) is 6.41. The molecule has 4 heteroatoms. The van der Waals surface area contributed by atoms with Gasteiger partial charge in [-0.15, -0.1) is 0 Å². The molecule has 1 aromatic rings. The van der Waals surface area contributed by atoms with Crippen LogP contribution in [0, 0.1) is 17.8 Å². The highest BCUT2D eigenvalue weighted by Crippen LogP contribution is 2.56. The molecule has 5 atom stereocenters. The Morgan fingerprint density at radius 1 is 1.16 bits per heavy atom. The van der Waals surface area contributed by atoms with E-state index in [0.717, 1.165) is 31.2 Å². The Bertz CT molecular complexity index is 580. The number of hydrogen-bond donors (Lipinski definition) is 0. The molecule has 1 heterocycles. The fraction of sp³-hybridized carbons (Fsp3) is 0.714. The van der Waals surface area contributed by atoms with Gasteiger partial charge in [-0.3, -0.25) is 4.57 Å². The van der Waals surface area contributed by atoms with Crippen LogP contribution in [0.2, 0.25) is 0 Å². The maximum absolute atomic E-state index is 14.2. The van der Waals surface area contributed by atoms with Gasteiger partial charge in [0.1, 0.15) is 0 Å². The molecule has 0 radical (unpaired) electrons. The van der Waals surface area contributed by atoms with E-state index >= 15 is 0 Å². The highest BCUT2D eigenvalue weighted by molar-refractivity contribution is 7.67. The van der Waals surface area contributed by atoms with Crippen LogP contribution in [0.5, 0.6) is 0 Å². The molecule has 2 aliphatic rings. The summed E-state index contributed by atoms with van der Waals surface area (Å²) in [6.45, 7) is 8.17. The number of ether oxygens (including phenoxy) is 1. The average molecular weight is 364 g/mol. The van der Waals surface area contributed by atoms with Gasteiger partial charge in [0.15, 0.2) is 0 Å². The van der Waals surface area contributed by atoms with E-state index in [4.69, 9.17) is 9.26 Å². The third-order valence-corrected chi connectivity index (χ3v) is 8.96. The first-order chi connectivity index (χ1) is 12.0. The number of hydrogen-bond acceptors (Lipinski definition) is 3. The fourth-order valence-electron chi connectivity index (χ4n) is 4.42. The molecule has 0 N–H and O–H groups in total. The van der Waals surface area contributed by atoms with Gasteiger partial charge < -0.3 is 9.26 Å². The van der Waals surface area contributed by atoms with Crippen LogP contribution >= 0.6 is 7.37 Å². The van der Waals surface area contributed by atoms with Crippen molar-refractivity contribution >= 4 is 12.7 Å². The van der Waals surface area contributed by atoms with Gasteiger partial charge in [-0.1, -0.05) is 45.4 Å². The van der Waals surface area contributed by atoms with Crippen LogP contribution in [-0.4, -0.2) is 25.0 Å². The molecule has 1 saturated heterocycles. The van der Waals surface area contributed by atoms with Crippen molar-refractivity contribution in [3.63, 3.8) is 0 Å². The van der Waals surface area contributed by atoms with Crippen molar-refractivity contribution in [1.82, 2.24) is 0 Å². The Morgan fingerprint density at radius 3 is 2.56 bits per heavy atom. The van der Waals surface area contributed by atoms with Crippen LogP contribution in [0.15, 0.2) is 30.3 Å². The molecule has 0 amide bonds. The predicted molar refractivity (Wildman–Crippen MR) is 104 cm³/mol. The summed E-state index contributed by atoms with van der Waals surface area (Å²) in [6.07, 6.45) is 5.45. The van der Waals surface area contributed by atoms with Gasteiger partial charge in [0.2, 0.25) is 7.37 Å². The molecule has 3 nitrogen and oxygen atoms in total. The first kappa shape index (κ1) is 19.1. The van der Waals surface area contributed by atoms with Gasteiger partial charge in [-0.2, -0.15) is 0 Å². The lowest BCUT2D eigenvalue weighted by Gasteiger charge is -2.41. The average Bonchev–Trinajstić information content (AvgIpc) is 2.63. The lowest BCUT2D eigenvalue weighted by Crippen LogP contribution is -2.37. The molecule has 1 unspecified atom stereocenters. The molecule has 2 fully saturated rings. The minimum Gasteiger partial charge on any atom is -0.381 e. The van der Waals surface area contributed by atoms with Crippen molar-refractivity contribution in [2.45, 2.75) is 64.6 Å². The van der Waals surface area contributed by atoms with Crippen LogP contribution in [-0.2, 0) is 13.8 Å². The zero-order chi connectivity index (χ0) is 17.9. The van der Waals surface area contributed by atoms with Crippen molar-refractivity contribution in [3.05, 3.63) is 30.3 Å². The van der Waals surface area contributed by atoms with E-state index in [1.54, 1.807) is 0 Å². The molecule has 25 heavy (non-hydrogen) atoms. The summed E-state index contributed by atoms with van der Waals surface area (Å²) >= 11 is 0.